The van der Waals surface area contributed by atoms with Gasteiger partial charge in [-0.15, -0.1) is 22.7 Å². The van der Waals surface area contributed by atoms with Gasteiger partial charge >= 0.3 is 0 Å². The van der Waals surface area contributed by atoms with E-state index in [2.05, 4.69) is 90.1 Å². The maximum atomic E-state index is 3.67. The Morgan fingerprint density at radius 1 is 0.815 bits per heavy atom. The third-order valence-electron chi connectivity index (χ3n) is 4.57. The second-order valence-corrected chi connectivity index (χ2v) is 10.1. The quantitative estimate of drug-likeness (QED) is 0.320. The van der Waals surface area contributed by atoms with E-state index < -0.39 is 0 Å². The van der Waals surface area contributed by atoms with E-state index >= 15 is 0 Å². The van der Waals surface area contributed by atoms with Crippen LogP contribution in [0, 0.1) is 6.92 Å². The summed E-state index contributed by atoms with van der Waals surface area (Å²) in [6, 6.07) is 26.2. The molecule has 0 bridgehead atoms. The molecular formula is C23H17NS3. The third-order valence-corrected chi connectivity index (χ3v) is 7.84. The summed E-state index contributed by atoms with van der Waals surface area (Å²) in [6.07, 6.45) is 0. The number of hydrogen-bond acceptors (Lipinski definition) is 3. The van der Waals surface area contributed by atoms with Gasteiger partial charge in [-0.05, 0) is 42.1 Å². The van der Waals surface area contributed by atoms with E-state index in [1.165, 1.54) is 46.6 Å². The van der Waals surface area contributed by atoms with Gasteiger partial charge in [-0.1, -0.05) is 65.9 Å². The van der Waals surface area contributed by atoms with Crippen molar-refractivity contribution in [3.05, 3.63) is 83.7 Å². The first-order valence-corrected chi connectivity index (χ1v) is 11.3. The lowest BCUT2D eigenvalue weighted by Crippen LogP contribution is -1.81. The zero-order valence-electron chi connectivity index (χ0n) is 14.7. The van der Waals surface area contributed by atoms with Gasteiger partial charge in [0.1, 0.15) is 0 Å². The van der Waals surface area contributed by atoms with Crippen LogP contribution in [0.4, 0.5) is 0 Å². The molecule has 0 saturated carbocycles. The summed E-state index contributed by atoms with van der Waals surface area (Å²) in [5, 5.41) is 3.40. The highest BCUT2D eigenvalue weighted by Gasteiger charge is 2.16. The van der Waals surface area contributed by atoms with E-state index in [4.69, 9.17) is 0 Å². The fourth-order valence-electron chi connectivity index (χ4n) is 3.28. The Morgan fingerprint density at radius 2 is 1.67 bits per heavy atom. The average Bonchev–Trinajstić information content (AvgIpc) is 3.42. The Kier molecular flexibility index (Phi) is 4.40. The Morgan fingerprint density at radius 3 is 2.48 bits per heavy atom. The van der Waals surface area contributed by atoms with Crippen molar-refractivity contribution >= 4 is 45.3 Å². The first-order chi connectivity index (χ1) is 13.3. The van der Waals surface area contributed by atoms with Gasteiger partial charge in [-0.3, -0.25) is 0 Å². The molecule has 0 fully saturated rings. The molecular weight excluding hydrogens is 386 g/mol. The molecule has 2 aromatic carbocycles. The van der Waals surface area contributed by atoms with Crippen LogP contribution in [0.3, 0.4) is 0 Å². The van der Waals surface area contributed by atoms with Crippen LogP contribution in [0.1, 0.15) is 5.56 Å². The van der Waals surface area contributed by atoms with E-state index in [-0.39, 0.29) is 0 Å². The molecule has 3 aromatic heterocycles. The number of para-hydroxylation sites is 1. The van der Waals surface area contributed by atoms with Gasteiger partial charge in [0.15, 0.2) is 0 Å². The predicted molar refractivity (Wildman–Crippen MR) is 120 cm³/mol. The van der Waals surface area contributed by atoms with Gasteiger partial charge in [0.25, 0.3) is 0 Å². The number of nitrogens with one attached hydrogen (secondary N) is 1. The van der Waals surface area contributed by atoms with Crippen LogP contribution < -0.4 is 0 Å². The maximum absolute atomic E-state index is 3.67. The minimum atomic E-state index is 1.18. The van der Waals surface area contributed by atoms with E-state index in [0.29, 0.717) is 0 Å². The summed E-state index contributed by atoms with van der Waals surface area (Å²) in [5.41, 5.74) is 6.23. The molecule has 0 aliphatic heterocycles. The number of thiophene rings is 2. The molecule has 0 aliphatic rings. The second-order valence-electron chi connectivity index (χ2n) is 6.44. The van der Waals surface area contributed by atoms with Gasteiger partial charge in [0.05, 0.1) is 19.0 Å². The Hall–Kier alpha value is -2.27. The molecule has 0 atom stereocenters. The van der Waals surface area contributed by atoms with E-state index in [1.54, 1.807) is 11.3 Å². The zero-order valence-corrected chi connectivity index (χ0v) is 17.2. The van der Waals surface area contributed by atoms with Crippen LogP contribution in [0.15, 0.2) is 86.6 Å². The van der Waals surface area contributed by atoms with E-state index in [9.17, 15) is 0 Å². The Balaban J connectivity index is 1.64. The van der Waals surface area contributed by atoms with Gasteiger partial charge in [-0.25, -0.2) is 0 Å². The lowest BCUT2D eigenvalue weighted by atomic mass is 10.0. The van der Waals surface area contributed by atoms with Crippen molar-refractivity contribution in [2.45, 2.75) is 15.3 Å². The molecule has 0 amide bonds. The Bertz CT molecular complexity index is 1190. The summed E-state index contributed by atoms with van der Waals surface area (Å²) < 4.78 is 2.65. The van der Waals surface area contributed by atoms with Crippen molar-refractivity contribution in [3.8, 4) is 21.7 Å². The number of fused-ring (bicyclic) bond motifs is 1. The standard InChI is InChI=1S/C23H17NS3/c1-15-8-10-16(11-9-15)22-17-5-2-3-6-18(17)24-23(22)19-12-13-21(26-19)27-20-7-4-14-25-20/h2-14,24H,1H3. The molecule has 27 heavy (non-hydrogen) atoms. The highest BCUT2D eigenvalue weighted by atomic mass is 32.2. The molecule has 1 N–H and O–H groups in total. The number of aromatic nitrogens is 1. The molecule has 5 aromatic rings. The molecule has 4 heteroatoms. The first-order valence-electron chi connectivity index (χ1n) is 8.77. The fraction of sp³-hybridized carbons (Fsp3) is 0.0435. The predicted octanol–water partition coefficient (Wildman–Crippen LogP) is 8.08. The number of aryl methyl sites for hydroxylation is 1. The topological polar surface area (TPSA) is 15.8 Å². The lowest BCUT2D eigenvalue weighted by molar-refractivity contribution is 1.46. The number of H-pyrrole nitrogens is 1. The summed E-state index contributed by atoms with van der Waals surface area (Å²) in [4.78, 5) is 4.95. The van der Waals surface area contributed by atoms with Crippen molar-refractivity contribution in [1.29, 1.82) is 0 Å². The first kappa shape index (κ1) is 16.9. The molecule has 3 heterocycles. The van der Waals surface area contributed by atoms with E-state index in [1.807, 2.05) is 23.1 Å². The van der Waals surface area contributed by atoms with Gasteiger partial charge in [-0.2, -0.15) is 0 Å². The van der Waals surface area contributed by atoms with Crippen molar-refractivity contribution < 1.29 is 0 Å². The van der Waals surface area contributed by atoms with Crippen molar-refractivity contribution in [3.63, 3.8) is 0 Å². The van der Waals surface area contributed by atoms with Crippen molar-refractivity contribution in [2.24, 2.45) is 0 Å². The summed E-state index contributed by atoms with van der Waals surface area (Å²) in [6.45, 7) is 2.13. The molecule has 0 saturated heterocycles. The minimum Gasteiger partial charge on any atom is -0.353 e. The molecule has 5 rings (SSSR count). The van der Waals surface area contributed by atoms with Crippen LogP contribution in [-0.2, 0) is 0 Å². The highest BCUT2D eigenvalue weighted by Crippen LogP contribution is 2.44. The Labute approximate surface area is 170 Å². The summed E-state index contributed by atoms with van der Waals surface area (Å²) in [7, 11) is 0. The normalized spacial score (nSPS) is 11.3. The van der Waals surface area contributed by atoms with Crippen LogP contribution >= 0.6 is 34.4 Å². The summed E-state index contributed by atoms with van der Waals surface area (Å²) >= 11 is 5.48. The number of benzene rings is 2. The molecule has 0 radical (unpaired) electrons. The number of aromatic amines is 1. The molecule has 132 valence electrons. The van der Waals surface area contributed by atoms with Crippen LogP contribution in [0.2, 0.25) is 0 Å². The molecule has 0 aliphatic carbocycles. The number of rotatable bonds is 4. The minimum absolute atomic E-state index is 1.18. The lowest BCUT2D eigenvalue weighted by Gasteiger charge is -2.05. The molecule has 0 unspecified atom stereocenters. The van der Waals surface area contributed by atoms with Gasteiger partial charge < -0.3 is 4.98 Å². The SMILES string of the molecule is Cc1ccc(-c2c(-c3ccc(Sc4cccs4)s3)[nH]c3ccccc23)cc1. The van der Waals surface area contributed by atoms with E-state index in [0.717, 1.165) is 0 Å². The van der Waals surface area contributed by atoms with Crippen LogP contribution in [0.25, 0.3) is 32.6 Å². The smallest absolute Gasteiger partial charge is 0.0661 e. The number of hydrogen-bond donors (Lipinski definition) is 1. The molecule has 0 spiro atoms. The van der Waals surface area contributed by atoms with Crippen LogP contribution in [-0.4, -0.2) is 4.98 Å². The van der Waals surface area contributed by atoms with Crippen LogP contribution in [0.5, 0.6) is 0 Å². The van der Waals surface area contributed by atoms with Crippen molar-refractivity contribution in [2.75, 3.05) is 0 Å². The fourth-order valence-corrected chi connectivity index (χ4v) is 6.44. The second kappa shape index (κ2) is 7.04. The van der Waals surface area contributed by atoms with Gasteiger partial charge in [0, 0.05) is 16.5 Å². The zero-order chi connectivity index (χ0) is 18.2. The van der Waals surface area contributed by atoms with Crippen molar-refractivity contribution in [1.82, 2.24) is 4.98 Å². The molecule has 1 nitrogen and oxygen atoms in total. The summed E-state index contributed by atoms with van der Waals surface area (Å²) in [5.74, 6) is 0. The average molecular weight is 404 g/mol. The monoisotopic (exact) mass is 403 g/mol. The highest BCUT2D eigenvalue weighted by molar-refractivity contribution is 8.02. The third kappa shape index (κ3) is 3.25. The maximum Gasteiger partial charge on any atom is 0.0661 e. The van der Waals surface area contributed by atoms with Gasteiger partial charge in [0.2, 0.25) is 0 Å². The largest absolute Gasteiger partial charge is 0.353 e.